The van der Waals surface area contributed by atoms with Crippen LogP contribution >= 0.6 is 0 Å². The number of likely N-dealkylation sites (tertiary alicyclic amines) is 1. The lowest BCUT2D eigenvalue weighted by Gasteiger charge is -2.30. The number of Topliss-reactive ketones (excluding diaryl/α,β-unsaturated/α-hetero) is 1. The first-order valence-corrected chi connectivity index (χ1v) is 9.63. The van der Waals surface area contributed by atoms with E-state index in [1.54, 1.807) is 26.0 Å². The highest BCUT2D eigenvalue weighted by atomic mass is 16.5. The molecule has 2 N–H and O–H groups in total. The van der Waals surface area contributed by atoms with Gasteiger partial charge in [0.1, 0.15) is 17.6 Å². The van der Waals surface area contributed by atoms with Gasteiger partial charge in [0.2, 0.25) is 0 Å². The summed E-state index contributed by atoms with van der Waals surface area (Å²) in [7, 11) is 0. The minimum Gasteiger partial charge on any atom is -0.507 e. The Morgan fingerprint density at radius 3 is 2.66 bits per heavy atom. The summed E-state index contributed by atoms with van der Waals surface area (Å²) in [6.45, 7) is 7.30. The fourth-order valence-corrected chi connectivity index (χ4v) is 3.96. The van der Waals surface area contributed by atoms with E-state index in [0.717, 1.165) is 13.1 Å². The first-order valence-electron chi connectivity index (χ1n) is 9.63. The third-order valence-corrected chi connectivity index (χ3v) is 5.48. The molecule has 0 radical (unpaired) electrons. The van der Waals surface area contributed by atoms with Crippen LogP contribution in [0.5, 0.6) is 0 Å². The van der Waals surface area contributed by atoms with Gasteiger partial charge in [-0.05, 0) is 26.0 Å². The number of morpholine rings is 1. The molecule has 2 saturated heterocycles. The van der Waals surface area contributed by atoms with Crippen LogP contribution in [0.25, 0.3) is 5.76 Å². The number of aliphatic hydroxyl groups is 1. The van der Waals surface area contributed by atoms with Crippen molar-refractivity contribution >= 4 is 17.4 Å². The van der Waals surface area contributed by atoms with Gasteiger partial charge >= 0.3 is 0 Å². The zero-order chi connectivity index (χ0) is 20.5. The second-order valence-electron chi connectivity index (χ2n) is 7.27. The lowest BCUT2D eigenvalue weighted by Crippen LogP contribution is -2.42. The van der Waals surface area contributed by atoms with E-state index in [1.165, 1.54) is 11.2 Å². The average Bonchev–Trinajstić information content (AvgIpc) is 3.41. The van der Waals surface area contributed by atoms with Crippen molar-refractivity contribution in [1.82, 2.24) is 20.0 Å². The molecule has 9 heteroatoms. The van der Waals surface area contributed by atoms with Crippen LogP contribution in [-0.2, 0) is 14.3 Å². The summed E-state index contributed by atoms with van der Waals surface area (Å²) in [6, 6.07) is 2.63. The predicted octanol–water partition coefficient (Wildman–Crippen LogP) is 1.37. The maximum Gasteiger partial charge on any atom is 0.295 e. The monoisotopic (exact) mass is 400 g/mol. The number of ether oxygens (including phenoxy) is 1. The highest BCUT2D eigenvalue weighted by Gasteiger charge is 2.47. The van der Waals surface area contributed by atoms with Crippen LogP contribution in [0.2, 0.25) is 0 Å². The van der Waals surface area contributed by atoms with Crippen LogP contribution in [0.4, 0.5) is 0 Å². The molecule has 0 saturated carbocycles. The van der Waals surface area contributed by atoms with Crippen molar-refractivity contribution in [3.63, 3.8) is 0 Å². The SMILES string of the molecule is Cc1n[nH]c(C)c1/C(O)=C1\C(=O)C(=O)N(CCN2CCOCC2)[C@H]1c1ccco1. The molecule has 0 aromatic carbocycles. The van der Waals surface area contributed by atoms with Crippen LogP contribution < -0.4 is 0 Å². The molecule has 0 aliphatic carbocycles. The summed E-state index contributed by atoms with van der Waals surface area (Å²) in [5.74, 6) is -1.15. The molecule has 2 aromatic rings. The molecule has 4 rings (SSSR count). The number of carbonyl (C=O) groups is 2. The first kappa shape index (κ1) is 19.4. The number of amides is 1. The number of ketones is 1. The molecule has 2 aliphatic rings. The van der Waals surface area contributed by atoms with Crippen molar-refractivity contribution in [3.05, 3.63) is 46.7 Å². The van der Waals surface area contributed by atoms with Crippen molar-refractivity contribution in [3.8, 4) is 0 Å². The third-order valence-electron chi connectivity index (χ3n) is 5.48. The van der Waals surface area contributed by atoms with Crippen LogP contribution in [0, 0.1) is 13.8 Å². The van der Waals surface area contributed by atoms with Crippen molar-refractivity contribution in [1.29, 1.82) is 0 Å². The number of nitrogens with zero attached hydrogens (tertiary/aromatic N) is 3. The minimum absolute atomic E-state index is 0.0273. The lowest BCUT2D eigenvalue weighted by atomic mass is 9.98. The first-order chi connectivity index (χ1) is 14.0. The average molecular weight is 400 g/mol. The minimum atomic E-state index is -0.778. The van der Waals surface area contributed by atoms with E-state index in [0.29, 0.717) is 49.0 Å². The summed E-state index contributed by atoms with van der Waals surface area (Å²) in [4.78, 5) is 29.4. The summed E-state index contributed by atoms with van der Waals surface area (Å²) in [5.41, 5.74) is 1.64. The molecular weight excluding hydrogens is 376 g/mol. The maximum atomic E-state index is 12.9. The van der Waals surface area contributed by atoms with E-state index in [2.05, 4.69) is 15.1 Å². The van der Waals surface area contributed by atoms with E-state index in [-0.39, 0.29) is 11.3 Å². The van der Waals surface area contributed by atoms with E-state index in [4.69, 9.17) is 9.15 Å². The van der Waals surface area contributed by atoms with Crippen LogP contribution in [0.3, 0.4) is 0 Å². The zero-order valence-electron chi connectivity index (χ0n) is 16.5. The van der Waals surface area contributed by atoms with Gasteiger partial charge < -0.3 is 19.2 Å². The van der Waals surface area contributed by atoms with Gasteiger partial charge in [-0.15, -0.1) is 0 Å². The number of furan rings is 1. The number of carbonyl (C=O) groups excluding carboxylic acids is 2. The number of aryl methyl sites for hydroxylation is 2. The Labute approximate surface area is 167 Å². The van der Waals surface area contributed by atoms with E-state index in [1.807, 2.05) is 0 Å². The Bertz CT molecular complexity index is 921. The van der Waals surface area contributed by atoms with E-state index < -0.39 is 17.7 Å². The van der Waals surface area contributed by atoms with Gasteiger partial charge in [-0.25, -0.2) is 0 Å². The highest BCUT2D eigenvalue weighted by molar-refractivity contribution is 6.46. The van der Waals surface area contributed by atoms with E-state index in [9.17, 15) is 14.7 Å². The molecule has 29 heavy (non-hydrogen) atoms. The van der Waals surface area contributed by atoms with Crippen molar-refractivity contribution < 1.29 is 23.8 Å². The smallest absolute Gasteiger partial charge is 0.295 e. The summed E-state index contributed by atoms with van der Waals surface area (Å²) < 4.78 is 10.9. The van der Waals surface area contributed by atoms with Gasteiger partial charge in [0, 0.05) is 31.9 Å². The van der Waals surface area contributed by atoms with Gasteiger partial charge in [-0.3, -0.25) is 19.6 Å². The number of aliphatic hydroxyl groups excluding tert-OH is 1. The molecule has 2 aromatic heterocycles. The van der Waals surface area contributed by atoms with Gasteiger partial charge in [0.15, 0.2) is 0 Å². The van der Waals surface area contributed by atoms with Crippen molar-refractivity contribution in [2.45, 2.75) is 19.9 Å². The fraction of sp³-hybridized carbons (Fsp3) is 0.450. The van der Waals surface area contributed by atoms with Crippen molar-refractivity contribution in [2.24, 2.45) is 0 Å². The number of hydrogen-bond donors (Lipinski definition) is 2. The maximum absolute atomic E-state index is 12.9. The van der Waals surface area contributed by atoms with Gasteiger partial charge in [-0.1, -0.05) is 0 Å². The number of aromatic nitrogens is 2. The van der Waals surface area contributed by atoms with E-state index >= 15 is 0 Å². The number of H-pyrrole nitrogens is 1. The molecule has 2 aliphatic heterocycles. The lowest BCUT2D eigenvalue weighted by molar-refractivity contribution is -0.140. The Balaban J connectivity index is 1.72. The predicted molar refractivity (Wildman–Crippen MR) is 103 cm³/mol. The van der Waals surface area contributed by atoms with Crippen LogP contribution in [0.1, 0.15) is 28.8 Å². The number of nitrogens with one attached hydrogen (secondary N) is 1. The normalized spacial score (nSPS) is 22.6. The highest BCUT2D eigenvalue weighted by Crippen LogP contribution is 2.40. The summed E-state index contributed by atoms with van der Waals surface area (Å²) in [5, 5.41) is 17.9. The quantitative estimate of drug-likeness (QED) is 0.443. The van der Waals surface area contributed by atoms with Gasteiger partial charge in [0.25, 0.3) is 11.7 Å². The number of aromatic amines is 1. The largest absolute Gasteiger partial charge is 0.507 e. The third kappa shape index (κ3) is 3.47. The van der Waals surface area contributed by atoms with Crippen LogP contribution in [-0.4, -0.2) is 76.2 Å². The molecular formula is C20H24N4O5. The molecule has 154 valence electrons. The number of rotatable bonds is 5. The fourth-order valence-electron chi connectivity index (χ4n) is 3.96. The molecule has 2 fully saturated rings. The Hall–Kier alpha value is -2.91. The summed E-state index contributed by atoms with van der Waals surface area (Å²) >= 11 is 0. The second-order valence-corrected chi connectivity index (χ2v) is 7.27. The standard InChI is InChI=1S/C20H24N4O5/c1-12-15(13(2)22-21-12)18(25)16-17(14-4-3-9-29-14)24(20(27)19(16)26)6-5-23-7-10-28-11-8-23/h3-4,9,17,25H,5-8,10-11H2,1-2H3,(H,21,22)/b18-16+/t17-/m0/s1. The molecule has 0 spiro atoms. The molecule has 1 atom stereocenters. The molecule has 4 heterocycles. The molecule has 1 amide bonds. The van der Waals surface area contributed by atoms with Crippen molar-refractivity contribution in [2.75, 3.05) is 39.4 Å². The Morgan fingerprint density at radius 2 is 2.03 bits per heavy atom. The molecule has 0 bridgehead atoms. The molecule has 9 nitrogen and oxygen atoms in total. The molecule has 0 unspecified atom stereocenters. The Kier molecular flexibility index (Phi) is 5.25. The topological polar surface area (TPSA) is 112 Å². The Morgan fingerprint density at radius 1 is 1.28 bits per heavy atom. The van der Waals surface area contributed by atoms with Gasteiger partial charge in [-0.2, -0.15) is 5.10 Å². The number of hydrogen-bond acceptors (Lipinski definition) is 7. The second kappa shape index (κ2) is 7.84. The van der Waals surface area contributed by atoms with Crippen LogP contribution in [0.15, 0.2) is 28.4 Å². The van der Waals surface area contributed by atoms with Gasteiger partial charge in [0.05, 0.1) is 36.3 Å². The zero-order valence-corrected chi connectivity index (χ0v) is 16.5. The summed E-state index contributed by atoms with van der Waals surface area (Å²) in [6.07, 6.45) is 1.49.